The van der Waals surface area contributed by atoms with E-state index in [0.717, 1.165) is 6.92 Å². The van der Waals surface area contributed by atoms with Crippen LogP contribution in [0.3, 0.4) is 0 Å². The first-order valence-corrected chi connectivity index (χ1v) is 4.85. The molecule has 0 rings (SSSR count). The summed E-state index contributed by atoms with van der Waals surface area (Å²) in [6, 6.07) is -1.60. The molecule has 0 aliphatic heterocycles. The maximum Gasteiger partial charge on any atom is 0.463 e. The van der Waals surface area contributed by atoms with Crippen LogP contribution in [0.5, 0.6) is 0 Å². The number of alkyl halides is 5. The minimum absolute atomic E-state index is 0.583. The molecule has 1 atom stereocenters. The zero-order valence-electron chi connectivity index (χ0n) is 9.77. The number of carbonyl (C=O) groups excluding carboxylic acids is 2. The van der Waals surface area contributed by atoms with Crippen molar-refractivity contribution < 1.29 is 36.3 Å². The van der Waals surface area contributed by atoms with Gasteiger partial charge in [-0.05, 0) is 20.8 Å². The highest BCUT2D eigenvalue weighted by Crippen LogP contribution is 2.35. The van der Waals surface area contributed by atoms with E-state index in [1.165, 1.54) is 19.2 Å². The molecular weight excluding hydrogens is 265 g/mol. The Morgan fingerprint density at radius 3 is 1.83 bits per heavy atom. The molecule has 0 heterocycles. The highest BCUT2D eigenvalue weighted by molar-refractivity contribution is 5.89. The highest BCUT2D eigenvalue weighted by Gasteiger charge is 2.63. The van der Waals surface area contributed by atoms with Crippen molar-refractivity contribution in [2.45, 2.75) is 45.0 Å². The summed E-state index contributed by atoms with van der Waals surface area (Å²) in [7, 11) is 0. The van der Waals surface area contributed by atoms with Crippen LogP contribution in [-0.4, -0.2) is 36.1 Å². The van der Waals surface area contributed by atoms with Crippen LogP contribution in [0.4, 0.5) is 22.0 Å². The smallest absolute Gasteiger partial charge is 0.461 e. The predicted octanol–water partition coefficient (Wildman–Crippen LogP) is 1.64. The maximum absolute atomic E-state index is 12.5. The molecule has 0 aromatic rings. The summed E-state index contributed by atoms with van der Waals surface area (Å²) >= 11 is 0. The van der Waals surface area contributed by atoms with Crippen LogP contribution in [0.15, 0.2) is 0 Å². The van der Waals surface area contributed by atoms with Gasteiger partial charge >= 0.3 is 24.0 Å². The minimum atomic E-state index is -6.02. The van der Waals surface area contributed by atoms with Crippen molar-refractivity contribution in [3.05, 3.63) is 0 Å². The number of hydrogen-bond acceptors (Lipinski definition) is 3. The van der Waals surface area contributed by atoms with Gasteiger partial charge in [0.1, 0.15) is 6.04 Å². The first-order chi connectivity index (χ1) is 7.89. The largest absolute Gasteiger partial charge is 0.463 e. The van der Waals surface area contributed by atoms with Crippen LogP contribution in [0.2, 0.25) is 0 Å². The molecule has 0 radical (unpaired) electrons. The van der Waals surface area contributed by atoms with Gasteiger partial charge in [0.15, 0.2) is 0 Å². The summed E-state index contributed by atoms with van der Waals surface area (Å²) in [5, 5.41) is 1.25. The number of halogens is 5. The first-order valence-electron chi connectivity index (χ1n) is 4.85. The zero-order valence-corrected chi connectivity index (χ0v) is 9.77. The van der Waals surface area contributed by atoms with Crippen LogP contribution in [0.25, 0.3) is 0 Å². The molecule has 1 N–H and O–H groups in total. The SMILES string of the molecule is CC(C)OC(=O)[C@H](C)NC(=O)C(F)(F)C(F)(F)F. The van der Waals surface area contributed by atoms with E-state index in [2.05, 4.69) is 4.74 Å². The standard InChI is InChI=1S/C9H12F5NO3/c1-4(2)18-6(16)5(3)15-7(17)8(10,11)9(12,13)14/h4-5H,1-3H3,(H,15,17)/t5-/m0/s1. The lowest BCUT2D eigenvalue weighted by atomic mass is 10.2. The first kappa shape index (κ1) is 16.6. The number of nitrogens with one attached hydrogen (secondary N) is 1. The number of carbonyl (C=O) groups is 2. The Bertz CT molecular complexity index is 327. The fourth-order valence-corrected chi connectivity index (χ4v) is 0.809. The maximum atomic E-state index is 12.5. The Labute approximate surface area is 99.5 Å². The van der Waals surface area contributed by atoms with E-state index in [1.807, 2.05) is 0 Å². The van der Waals surface area contributed by atoms with Crippen molar-refractivity contribution in [2.75, 3.05) is 0 Å². The summed E-state index contributed by atoms with van der Waals surface area (Å²) in [6.45, 7) is 3.85. The molecule has 106 valence electrons. The molecule has 0 saturated heterocycles. The van der Waals surface area contributed by atoms with Crippen molar-refractivity contribution in [1.29, 1.82) is 0 Å². The lowest BCUT2D eigenvalue weighted by Crippen LogP contribution is -2.54. The average molecular weight is 277 g/mol. The van der Waals surface area contributed by atoms with Crippen LogP contribution in [-0.2, 0) is 14.3 Å². The van der Waals surface area contributed by atoms with E-state index in [1.54, 1.807) is 0 Å². The van der Waals surface area contributed by atoms with Gasteiger partial charge in [0, 0.05) is 0 Å². The molecule has 0 aromatic carbocycles. The molecule has 0 aliphatic carbocycles. The second-order valence-corrected chi connectivity index (χ2v) is 3.75. The van der Waals surface area contributed by atoms with E-state index in [4.69, 9.17) is 0 Å². The van der Waals surface area contributed by atoms with Crippen molar-refractivity contribution in [1.82, 2.24) is 5.32 Å². The summed E-state index contributed by atoms with van der Waals surface area (Å²) in [4.78, 5) is 21.8. The van der Waals surface area contributed by atoms with Crippen molar-refractivity contribution >= 4 is 11.9 Å². The molecule has 4 nitrogen and oxygen atoms in total. The van der Waals surface area contributed by atoms with Gasteiger partial charge in [0.05, 0.1) is 6.10 Å². The molecule has 0 bridgehead atoms. The van der Waals surface area contributed by atoms with Crippen molar-refractivity contribution in [3.8, 4) is 0 Å². The number of amides is 1. The second-order valence-electron chi connectivity index (χ2n) is 3.75. The van der Waals surface area contributed by atoms with E-state index >= 15 is 0 Å². The zero-order chi connectivity index (χ0) is 14.7. The Morgan fingerprint density at radius 2 is 1.50 bits per heavy atom. The van der Waals surface area contributed by atoms with E-state index in [9.17, 15) is 31.5 Å². The van der Waals surface area contributed by atoms with Gasteiger partial charge in [0.2, 0.25) is 0 Å². The van der Waals surface area contributed by atoms with Gasteiger partial charge in [-0.15, -0.1) is 0 Å². The summed E-state index contributed by atoms with van der Waals surface area (Å²) in [5.41, 5.74) is 0. The summed E-state index contributed by atoms with van der Waals surface area (Å²) < 4.78 is 65.0. The van der Waals surface area contributed by atoms with Crippen molar-refractivity contribution in [3.63, 3.8) is 0 Å². The Morgan fingerprint density at radius 1 is 1.06 bits per heavy atom. The van der Waals surface area contributed by atoms with Crippen LogP contribution >= 0.6 is 0 Å². The number of esters is 1. The Hall–Kier alpha value is -1.41. The van der Waals surface area contributed by atoms with Crippen molar-refractivity contribution in [2.24, 2.45) is 0 Å². The average Bonchev–Trinajstić information content (AvgIpc) is 2.14. The normalized spacial score (nSPS) is 14.3. The molecule has 0 aromatic heterocycles. The van der Waals surface area contributed by atoms with Gasteiger partial charge in [-0.3, -0.25) is 4.79 Å². The Balaban J connectivity index is 4.63. The molecule has 0 spiro atoms. The fourth-order valence-electron chi connectivity index (χ4n) is 0.809. The second kappa shape index (κ2) is 5.49. The topological polar surface area (TPSA) is 55.4 Å². The third-order valence-corrected chi connectivity index (χ3v) is 1.69. The Kier molecular flexibility index (Phi) is 5.06. The van der Waals surface area contributed by atoms with Crippen LogP contribution in [0, 0.1) is 0 Å². The van der Waals surface area contributed by atoms with E-state index in [-0.39, 0.29) is 0 Å². The van der Waals surface area contributed by atoms with Gasteiger partial charge in [-0.2, -0.15) is 22.0 Å². The molecule has 9 heteroatoms. The van der Waals surface area contributed by atoms with E-state index in [0.29, 0.717) is 0 Å². The third-order valence-electron chi connectivity index (χ3n) is 1.69. The number of hydrogen-bond donors (Lipinski definition) is 1. The molecule has 0 saturated carbocycles. The van der Waals surface area contributed by atoms with Crippen LogP contribution < -0.4 is 5.32 Å². The van der Waals surface area contributed by atoms with Gasteiger partial charge in [0.25, 0.3) is 0 Å². The lowest BCUT2D eigenvalue weighted by molar-refractivity contribution is -0.270. The molecule has 0 fully saturated rings. The molecule has 0 unspecified atom stereocenters. The number of rotatable bonds is 4. The quantitative estimate of drug-likeness (QED) is 0.628. The summed E-state index contributed by atoms with van der Waals surface area (Å²) in [5.74, 6) is -9.25. The highest BCUT2D eigenvalue weighted by atomic mass is 19.4. The van der Waals surface area contributed by atoms with Gasteiger partial charge < -0.3 is 10.1 Å². The molecular formula is C9H12F5NO3. The van der Waals surface area contributed by atoms with Crippen LogP contribution in [0.1, 0.15) is 20.8 Å². The predicted molar refractivity (Wildman–Crippen MR) is 49.8 cm³/mol. The summed E-state index contributed by atoms with van der Waals surface area (Å²) in [6.07, 6.45) is -6.60. The lowest BCUT2D eigenvalue weighted by Gasteiger charge is -2.21. The third kappa shape index (κ3) is 4.11. The van der Waals surface area contributed by atoms with Gasteiger partial charge in [-0.1, -0.05) is 0 Å². The molecule has 1 amide bonds. The van der Waals surface area contributed by atoms with Gasteiger partial charge in [-0.25, -0.2) is 4.79 Å². The molecule has 18 heavy (non-hydrogen) atoms. The number of ether oxygens (including phenoxy) is 1. The molecule has 0 aliphatic rings. The monoisotopic (exact) mass is 277 g/mol. The van der Waals surface area contributed by atoms with E-state index < -0.39 is 36.1 Å². The minimum Gasteiger partial charge on any atom is -0.461 e. The fraction of sp³-hybridized carbons (Fsp3) is 0.778.